The van der Waals surface area contributed by atoms with Crippen molar-refractivity contribution in [1.82, 2.24) is 0 Å². The van der Waals surface area contributed by atoms with Crippen molar-refractivity contribution in [3.63, 3.8) is 0 Å². The number of allylic oxidation sites excluding steroid dienone is 1. The Kier molecular flexibility index (Phi) is 3.14. The Morgan fingerprint density at radius 2 is 2.04 bits per heavy atom. The first-order valence-corrected chi connectivity index (χ1v) is 7.97. The van der Waals surface area contributed by atoms with E-state index >= 15 is 0 Å². The number of halogens is 2. The third kappa shape index (κ3) is 2.25. The molecule has 2 aliphatic rings. The summed E-state index contributed by atoms with van der Waals surface area (Å²) >= 11 is 0. The van der Waals surface area contributed by atoms with Gasteiger partial charge in [-0.3, -0.25) is 0 Å². The van der Waals surface area contributed by atoms with Crippen LogP contribution in [0.25, 0.3) is 10.8 Å². The number of hydrogen-bond donors (Lipinski definition) is 1. The summed E-state index contributed by atoms with van der Waals surface area (Å²) in [7, 11) is 0. The van der Waals surface area contributed by atoms with Crippen molar-refractivity contribution >= 4 is 22.2 Å². The molecule has 0 saturated heterocycles. The Hall–Kier alpha value is -2.49. The summed E-state index contributed by atoms with van der Waals surface area (Å²) in [5, 5.41) is 11.6. The fraction of sp³-hybridized carbons (Fsp3) is 0.250. The lowest BCUT2D eigenvalue weighted by molar-refractivity contribution is 0.00777. The maximum absolute atomic E-state index is 13.6. The predicted molar refractivity (Wildman–Crippen MR) is 92.6 cm³/mol. The van der Waals surface area contributed by atoms with Gasteiger partial charge in [0.2, 0.25) is 5.92 Å². The smallest absolute Gasteiger partial charge is 0.248 e. The van der Waals surface area contributed by atoms with Crippen LogP contribution in [0.4, 0.5) is 14.5 Å². The van der Waals surface area contributed by atoms with Gasteiger partial charge < -0.3 is 5.11 Å². The van der Waals surface area contributed by atoms with Crippen LogP contribution in [0, 0.1) is 0 Å². The Morgan fingerprint density at radius 3 is 2.71 bits per heavy atom. The minimum atomic E-state index is -2.58. The zero-order valence-electron chi connectivity index (χ0n) is 13.1. The molecule has 4 heteroatoms. The molecule has 0 bridgehead atoms. The monoisotopic (exact) mass is 325 g/mol. The van der Waals surface area contributed by atoms with Gasteiger partial charge in [0, 0.05) is 29.4 Å². The van der Waals surface area contributed by atoms with E-state index < -0.39 is 5.92 Å². The van der Waals surface area contributed by atoms with E-state index in [2.05, 4.69) is 18.2 Å². The third-order valence-electron chi connectivity index (χ3n) is 4.97. The molecule has 24 heavy (non-hydrogen) atoms. The quantitative estimate of drug-likeness (QED) is 0.561. The topological polar surface area (TPSA) is 32.6 Å². The first-order valence-electron chi connectivity index (χ1n) is 7.97. The largest absolute Gasteiger partial charge is 0.508 e. The minimum Gasteiger partial charge on any atom is -0.508 e. The fourth-order valence-corrected chi connectivity index (χ4v) is 3.73. The number of rotatable bonds is 3. The van der Waals surface area contributed by atoms with Gasteiger partial charge in [0.25, 0.3) is 0 Å². The Bertz CT molecular complexity index is 927. The van der Waals surface area contributed by atoms with E-state index in [4.69, 9.17) is 0 Å². The van der Waals surface area contributed by atoms with Crippen molar-refractivity contribution in [2.75, 3.05) is 0 Å². The molecule has 2 aromatic rings. The van der Waals surface area contributed by atoms with Gasteiger partial charge in [-0.05, 0) is 35.4 Å². The van der Waals surface area contributed by atoms with Crippen LogP contribution in [0.1, 0.15) is 36.3 Å². The van der Waals surface area contributed by atoms with E-state index in [1.807, 2.05) is 30.3 Å². The number of alkyl halides is 2. The van der Waals surface area contributed by atoms with E-state index in [9.17, 15) is 13.9 Å². The minimum absolute atomic E-state index is 0.0633. The maximum atomic E-state index is 13.6. The molecule has 1 aliphatic carbocycles. The van der Waals surface area contributed by atoms with Crippen molar-refractivity contribution in [2.24, 2.45) is 4.99 Å². The van der Waals surface area contributed by atoms with Crippen molar-refractivity contribution in [3.05, 3.63) is 65.9 Å². The molecule has 1 fully saturated rings. The number of hydrogen-bond acceptors (Lipinski definition) is 2. The Balaban J connectivity index is 1.87. The molecule has 1 N–H and O–H groups in total. The summed E-state index contributed by atoms with van der Waals surface area (Å²) < 4.78 is 27.2. The second-order valence-electron chi connectivity index (χ2n) is 6.63. The molecule has 0 amide bonds. The van der Waals surface area contributed by atoms with Gasteiger partial charge in [-0.1, -0.05) is 31.4 Å². The summed E-state index contributed by atoms with van der Waals surface area (Å²) in [5.41, 5.74) is 3.48. The van der Waals surface area contributed by atoms with Gasteiger partial charge in [-0.25, -0.2) is 13.8 Å². The predicted octanol–water partition coefficient (Wildman–Crippen LogP) is 5.80. The number of aliphatic hydroxyl groups is 1. The molecule has 1 aliphatic heterocycles. The van der Waals surface area contributed by atoms with Crippen LogP contribution in [0.3, 0.4) is 0 Å². The standard InChI is InChI=1S/C20H17F2NO/c1-11(12(2)24)19-16-9-15(14-6-7-20(21,22)10-14)8-13-4-3-5-17(23-19)18(13)16/h3-5,8-9,14,24H,1-2,6-7,10H2. The van der Waals surface area contributed by atoms with Crippen LogP contribution >= 0.6 is 0 Å². The molecule has 1 saturated carbocycles. The molecule has 2 nitrogen and oxygen atoms in total. The lowest BCUT2D eigenvalue weighted by Gasteiger charge is -2.14. The molecule has 122 valence electrons. The second kappa shape index (κ2) is 5.00. The van der Waals surface area contributed by atoms with E-state index in [1.165, 1.54) is 0 Å². The first-order chi connectivity index (χ1) is 11.4. The summed E-state index contributed by atoms with van der Waals surface area (Å²) in [4.78, 5) is 4.56. The highest BCUT2D eigenvalue weighted by Gasteiger charge is 2.40. The molecule has 2 aromatic carbocycles. The van der Waals surface area contributed by atoms with Gasteiger partial charge >= 0.3 is 0 Å². The SMILES string of the molecule is C=C(O)C(=C)C1=Nc2cccc3cc(C4CCC(F)(F)C4)cc1c23. The van der Waals surface area contributed by atoms with E-state index in [-0.39, 0.29) is 24.5 Å². The van der Waals surface area contributed by atoms with Crippen molar-refractivity contribution in [2.45, 2.75) is 31.1 Å². The van der Waals surface area contributed by atoms with Crippen molar-refractivity contribution in [1.29, 1.82) is 0 Å². The van der Waals surface area contributed by atoms with Crippen LogP contribution in [0.15, 0.2) is 59.8 Å². The molecule has 0 spiro atoms. The third-order valence-corrected chi connectivity index (χ3v) is 4.97. The number of nitrogens with zero attached hydrogens (tertiary/aromatic N) is 1. The molecule has 1 unspecified atom stereocenters. The average Bonchev–Trinajstić information content (AvgIpc) is 3.08. The van der Waals surface area contributed by atoms with E-state index in [0.717, 1.165) is 27.6 Å². The zero-order valence-corrected chi connectivity index (χ0v) is 13.1. The number of aliphatic hydroxyl groups excluding tert-OH is 1. The van der Waals surface area contributed by atoms with Gasteiger partial charge in [0.15, 0.2) is 0 Å². The Morgan fingerprint density at radius 1 is 1.25 bits per heavy atom. The molecule has 1 atom stereocenters. The van der Waals surface area contributed by atoms with Gasteiger partial charge in [-0.15, -0.1) is 0 Å². The van der Waals surface area contributed by atoms with Crippen LogP contribution in [0.5, 0.6) is 0 Å². The van der Waals surface area contributed by atoms with Gasteiger partial charge in [-0.2, -0.15) is 0 Å². The Labute approximate surface area is 138 Å². The van der Waals surface area contributed by atoms with Crippen molar-refractivity contribution in [3.8, 4) is 0 Å². The molecule has 0 aromatic heterocycles. The molecular weight excluding hydrogens is 308 g/mol. The van der Waals surface area contributed by atoms with Gasteiger partial charge in [0.05, 0.1) is 11.4 Å². The van der Waals surface area contributed by atoms with E-state index in [0.29, 0.717) is 17.7 Å². The molecule has 4 rings (SSSR count). The van der Waals surface area contributed by atoms with Crippen LogP contribution in [0.2, 0.25) is 0 Å². The fourth-order valence-electron chi connectivity index (χ4n) is 3.73. The molecule has 0 radical (unpaired) electrons. The summed E-state index contributed by atoms with van der Waals surface area (Å²) in [6.45, 7) is 7.38. The second-order valence-corrected chi connectivity index (χ2v) is 6.63. The molecule has 1 heterocycles. The van der Waals surface area contributed by atoms with Gasteiger partial charge in [0.1, 0.15) is 5.76 Å². The summed E-state index contributed by atoms with van der Waals surface area (Å²) in [5.74, 6) is -2.87. The highest BCUT2D eigenvalue weighted by Crippen LogP contribution is 2.46. The summed E-state index contributed by atoms with van der Waals surface area (Å²) in [6.07, 6.45) is 0.307. The van der Waals surface area contributed by atoms with Crippen LogP contribution in [-0.2, 0) is 0 Å². The lowest BCUT2D eigenvalue weighted by atomic mass is 9.90. The lowest BCUT2D eigenvalue weighted by Crippen LogP contribution is -2.09. The number of benzene rings is 2. The average molecular weight is 325 g/mol. The van der Waals surface area contributed by atoms with Crippen molar-refractivity contribution < 1.29 is 13.9 Å². The molecular formula is C20H17F2NO. The number of aliphatic imine (C=N–C) groups is 1. The zero-order chi connectivity index (χ0) is 17.1. The maximum Gasteiger partial charge on any atom is 0.248 e. The van der Waals surface area contributed by atoms with Crippen LogP contribution in [-0.4, -0.2) is 16.7 Å². The highest BCUT2D eigenvalue weighted by molar-refractivity contribution is 6.27. The first kappa shape index (κ1) is 15.1. The normalized spacial score (nSPS) is 21.1. The van der Waals surface area contributed by atoms with E-state index in [1.54, 1.807) is 0 Å². The highest BCUT2D eigenvalue weighted by atomic mass is 19.3. The van der Waals surface area contributed by atoms with Crippen LogP contribution < -0.4 is 0 Å². The summed E-state index contributed by atoms with van der Waals surface area (Å²) in [6, 6.07) is 9.68.